The fraction of sp³-hybridized carbons (Fsp3) is 0.386. The first-order valence-electron chi connectivity index (χ1n) is 19.1. The van der Waals surface area contributed by atoms with Gasteiger partial charge in [0, 0.05) is 19.8 Å². The SMILES string of the molecule is O=C(Oc1ccc(OC(=O)c2ccc(OC(=O)c3ccc(OCCCCCCOC4CCCCO4)cc3)cc2)cc1)c1ccc(OCCCCCCO)cc1. The molecule has 1 aliphatic heterocycles. The molecule has 292 valence electrons. The molecule has 1 N–H and O–H groups in total. The second-order valence-corrected chi connectivity index (χ2v) is 13.1. The van der Waals surface area contributed by atoms with Crippen LogP contribution in [0.5, 0.6) is 28.7 Å². The molecule has 0 radical (unpaired) electrons. The minimum absolute atomic E-state index is 0.0305. The van der Waals surface area contributed by atoms with Crippen molar-refractivity contribution in [1.29, 1.82) is 0 Å². The molecule has 0 aromatic heterocycles. The van der Waals surface area contributed by atoms with Crippen molar-refractivity contribution in [2.75, 3.05) is 33.0 Å². The average Bonchev–Trinajstić information content (AvgIpc) is 3.22. The number of hydrogen-bond donors (Lipinski definition) is 1. The predicted octanol–water partition coefficient (Wildman–Crippen LogP) is 8.76. The van der Waals surface area contributed by atoms with Gasteiger partial charge in [-0.3, -0.25) is 0 Å². The standard InChI is InChI=1S/C44H50O11/c45-28-6-1-2-7-29-49-36-20-14-34(15-21-36)43(47)54-39-24-26-40(27-25-39)55-44(48)35-16-22-38(23-17-35)53-42(46)33-12-18-37(19-13-33)50-30-8-3-4-9-31-51-41-11-5-10-32-52-41/h12-27,41,45H,1-11,28-32H2. The molecule has 55 heavy (non-hydrogen) atoms. The van der Waals surface area contributed by atoms with Gasteiger partial charge in [-0.15, -0.1) is 0 Å². The maximum Gasteiger partial charge on any atom is 0.343 e. The van der Waals surface area contributed by atoms with Crippen LogP contribution >= 0.6 is 0 Å². The number of benzene rings is 4. The number of ether oxygens (including phenoxy) is 7. The van der Waals surface area contributed by atoms with E-state index in [-0.39, 0.29) is 35.7 Å². The quantitative estimate of drug-likeness (QED) is 0.0469. The molecule has 1 aliphatic rings. The third-order valence-corrected chi connectivity index (χ3v) is 8.80. The highest BCUT2D eigenvalue weighted by Crippen LogP contribution is 2.23. The molecule has 4 aromatic rings. The van der Waals surface area contributed by atoms with Crippen molar-refractivity contribution in [3.63, 3.8) is 0 Å². The highest BCUT2D eigenvalue weighted by molar-refractivity contribution is 5.93. The van der Waals surface area contributed by atoms with E-state index in [0.29, 0.717) is 35.8 Å². The van der Waals surface area contributed by atoms with Crippen LogP contribution in [-0.4, -0.2) is 62.3 Å². The zero-order chi connectivity index (χ0) is 38.5. The first kappa shape index (κ1) is 40.9. The molecule has 1 fully saturated rings. The van der Waals surface area contributed by atoms with Gasteiger partial charge in [-0.25, -0.2) is 14.4 Å². The number of unbranched alkanes of at least 4 members (excludes halogenated alkanes) is 6. The number of esters is 3. The van der Waals surface area contributed by atoms with E-state index in [1.165, 1.54) is 55.0 Å². The van der Waals surface area contributed by atoms with Crippen LogP contribution < -0.4 is 23.7 Å². The molecule has 0 spiro atoms. The highest BCUT2D eigenvalue weighted by atomic mass is 16.7. The summed E-state index contributed by atoms with van der Waals surface area (Å²) in [6.45, 7) is 2.88. The van der Waals surface area contributed by atoms with Crippen molar-refractivity contribution < 1.29 is 52.6 Å². The Morgan fingerprint density at radius 3 is 1.27 bits per heavy atom. The molecule has 11 heteroatoms. The molecule has 0 bridgehead atoms. The first-order valence-corrected chi connectivity index (χ1v) is 19.1. The predicted molar refractivity (Wildman–Crippen MR) is 205 cm³/mol. The van der Waals surface area contributed by atoms with Crippen LogP contribution in [0.25, 0.3) is 0 Å². The summed E-state index contributed by atoms with van der Waals surface area (Å²) in [6.07, 6.45) is 10.9. The topological polar surface area (TPSA) is 136 Å². The fourth-order valence-electron chi connectivity index (χ4n) is 5.67. The van der Waals surface area contributed by atoms with Crippen LogP contribution in [-0.2, 0) is 9.47 Å². The zero-order valence-electron chi connectivity index (χ0n) is 31.2. The summed E-state index contributed by atoms with van der Waals surface area (Å²) >= 11 is 0. The lowest BCUT2D eigenvalue weighted by Gasteiger charge is -2.22. The van der Waals surface area contributed by atoms with Gasteiger partial charge in [-0.05, 0) is 155 Å². The van der Waals surface area contributed by atoms with Gasteiger partial charge >= 0.3 is 17.9 Å². The number of aliphatic hydroxyl groups is 1. The summed E-state index contributed by atoms with van der Waals surface area (Å²) < 4.78 is 39.3. The van der Waals surface area contributed by atoms with E-state index < -0.39 is 17.9 Å². The molecule has 4 aromatic carbocycles. The molecule has 0 aliphatic carbocycles. The van der Waals surface area contributed by atoms with Crippen molar-refractivity contribution in [1.82, 2.24) is 0 Å². The van der Waals surface area contributed by atoms with Crippen molar-refractivity contribution in [3.05, 3.63) is 114 Å². The second kappa shape index (κ2) is 22.9. The smallest absolute Gasteiger partial charge is 0.343 e. The Morgan fingerprint density at radius 2 is 0.873 bits per heavy atom. The molecular formula is C44H50O11. The van der Waals surface area contributed by atoms with Crippen LogP contribution in [0.4, 0.5) is 0 Å². The Morgan fingerprint density at radius 1 is 0.491 bits per heavy atom. The molecular weight excluding hydrogens is 704 g/mol. The van der Waals surface area contributed by atoms with E-state index in [0.717, 1.165) is 77.4 Å². The van der Waals surface area contributed by atoms with Crippen molar-refractivity contribution in [3.8, 4) is 28.7 Å². The summed E-state index contributed by atoms with van der Waals surface area (Å²) in [5, 5.41) is 8.84. The third-order valence-electron chi connectivity index (χ3n) is 8.80. The monoisotopic (exact) mass is 754 g/mol. The van der Waals surface area contributed by atoms with Gasteiger partial charge in [0.05, 0.1) is 29.9 Å². The lowest BCUT2D eigenvalue weighted by Crippen LogP contribution is -2.22. The highest BCUT2D eigenvalue weighted by Gasteiger charge is 2.15. The molecule has 1 heterocycles. The minimum Gasteiger partial charge on any atom is -0.494 e. The summed E-state index contributed by atoms with van der Waals surface area (Å²) in [7, 11) is 0. The van der Waals surface area contributed by atoms with Crippen molar-refractivity contribution in [2.24, 2.45) is 0 Å². The Hall–Kier alpha value is -5.23. The first-order chi connectivity index (χ1) is 27.0. The maximum atomic E-state index is 12.8. The van der Waals surface area contributed by atoms with Gasteiger partial charge in [0.2, 0.25) is 0 Å². The molecule has 1 atom stereocenters. The van der Waals surface area contributed by atoms with E-state index in [2.05, 4.69) is 0 Å². The van der Waals surface area contributed by atoms with Crippen LogP contribution in [0, 0.1) is 0 Å². The Balaban J connectivity index is 0.969. The average molecular weight is 755 g/mol. The Labute approximate surface area is 322 Å². The van der Waals surface area contributed by atoms with Crippen LogP contribution in [0.1, 0.15) is 102 Å². The van der Waals surface area contributed by atoms with Gasteiger partial charge in [-0.1, -0.05) is 12.8 Å². The minimum atomic E-state index is -0.607. The largest absolute Gasteiger partial charge is 0.494 e. The van der Waals surface area contributed by atoms with Gasteiger partial charge < -0.3 is 38.3 Å². The fourth-order valence-corrected chi connectivity index (χ4v) is 5.67. The number of carbonyl (C=O) groups is 3. The Kier molecular flexibility index (Phi) is 17.0. The molecule has 0 amide bonds. The van der Waals surface area contributed by atoms with E-state index in [1.807, 2.05) is 0 Å². The molecule has 1 saturated heterocycles. The second-order valence-electron chi connectivity index (χ2n) is 13.1. The maximum absolute atomic E-state index is 12.8. The van der Waals surface area contributed by atoms with Crippen LogP contribution in [0.2, 0.25) is 0 Å². The van der Waals surface area contributed by atoms with Gasteiger partial charge in [0.1, 0.15) is 28.7 Å². The van der Waals surface area contributed by atoms with E-state index >= 15 is 0 Å². The van der Waals surface area contributed by atoms with Crippen molar-refractivity contribution in [2.45, 2.75) is 76.9 Å². The summed E-state index contributed by atoms with van der Waals surface area (Å²) in [5.74, 6) is 0.485. The summed E-state index contributed by atoms with van der Waals surface area (Å²) in [5.41, 5.74) is 0.989. The number of hydrogen-bond acceptors (Lipinski definition) is 11. The summed E-state index contributed by atoms with van der Waals surface area (Å²) in [4.78, 5) is 38.1. The lowest BCUT2D eigenvalue weighted by molar-refractivity contribution is -0.162. The number of aliphatic hydroxyl groups excluding tert-OH is 1. The van der Waals surface area contributed by atoms with E-state index in [9.17, 15) is 14.4 Å². The van der Waals surface area contributed by atoms with Gasteiger partial charge in [0.25, 0.3) is 0 Å². The van der Waals surface area contributed by atoms with E-state index in [4.69, 9.17) is 38.3 Å². The van der Waals surface area contributed by atoms with Crippen LogP contribution in [0.3, 0.4) is 0 Å². The summed E-state index contributed by atoms with van der Waals surface area (Å²) in [6, 6.07) is 25.6. The lowest BCUT2D eigenvalue weighted by atomic mass is 10.2. The van der Waals surface area contributed by atoms with Gasteiger partial charge in [0.15, 0.2) is 6.29 Å². The normalized spacial score (nSPS) is 13.8. The van der Waals surface area contributed by atoms with Crippen LogP contribution in [0.15, 0.2) is 97.1 Å². The third kappa shape index (κ3) is 14.5. The Bertz CT molecular complexity index is 1730. The molecule has 0 saturated carbocycles. The van der Waals surface area contributed by atoms with E-state index in [1.54, 1.807) is 48.5 Å². The molecule has 5 rings (SSSR count). The molecule has 11 nitrogen and oxygen atoms in total. The number of carbonyl (C=O) groups excluding carboxylic acids is 3. The van der Waals surface area contributed by atoms with Crippen molar-refractivity contribution >= 4 is 17.9 Å². The number of rotatable bonds is 22. The zero-order valence-corrected chi connectivity index (χ0v) is 31.2. The molecule has 1 unspecified atom stereocenters. The van der Waals surface area contributed by atoms with Gasteiger partial charge in [-0.2, -0.15) is 0 Å².